The van der Waals surface area contributed by atoms with Crippen molar-refractivity contribution < 1.29 is 33.8 Å². The smallest absolute Gasteiger partial charge is 0.343 e. The molecular weight excluding hydrogens is 610 g/mol. The lowest BCUT2D eigenvalue weighted by atomic mass is 9.93. The molecule has 10 nitrogen and oxygen atoms in total. The number of amides is 2. The lowest BCUT2D eigenvalue weighted by molar-refractivity contribution is -0.137. The second-order valence-electron chi connectivity index (χ2n) is 12.5. The van der Waals surface area contributed by atoms with Gasteiger partial charge in [0.25, 0.3) is 5.91 Å². The van der Waals surface area contributed by atoms with E-state index in [0.29, 0.717) is 52.8 Å². The molecular formula is C38H47N3O7. The third-order valence-electron chi connectivity index (χ3n) is 8.46. The Morgan fingerprint density at radius 3 is 2.10 bits per heavy atom. The molecule has 0 atom stereocenters. The van der Waals surface area contributed by atoms with Crippen molar-refractivity contribution in [3.63, 3.8) is 0 Å². The number of piperidine rings is 1. The summed E-state index contributed by atoms with van der Waals surface area (Å²) in [4.78, 5) is 53.7. The summed E-state index contributed by atoms with van der Waals surface area (Å²) in [6.07, 6.45) is 8.23. The van der Waals surface area contributed by atoms with Crippen LogP contribution in [0.5, 0.6) is 11.5 Å². The number of unbranched alkanes of at least 4 members (excludes halogenated alkanes) is 4. The van der Waals surface area contributed by atoms with E-state index in [-0.39, 0.29) is 12.5 Å². The van der Waals surface area contributed by atoms with Crippen LogP contribution in [0.1, 0.15) is 84.6 Å². The molecule has 0 saturated carbocycles. The topological polar surface area (TPSA) is 125 Å². The molecule has 3 aromatic carbocycles. The first-order chi connectivity index (χ1) is 23.2. The zero-order chi connectivity index (χ0) is 34.3. The van der Waals surface area contributed by atoms with Gasteiger partial charge < -0.3 is 29.7 Å². The molecule has 0 unspecified atom stereocenters. The van der Waals surface area contributed by atoms with Crippen LogP contribution < -0.4 is 14.8 Å². The molecule has 0 bridgehead atoms. The van der Waals surface area contributed by atoms with Gasteiger partial charge in [-0.2, -0.15) is 0 Å². The minimum absolute atomic E-state index is 0.0362. The molecule has 48 heavy (non-hydrogen) atoms. The molecule has 3 aromatic rings. The van der Waals surface area contributed by atoms with Crippen molar-refractivity contribution in [1.29, 1.82) is 0 Å². The Labute approximate surface area is 283 Å². The third-order valence-corrected chi connectivity index (χ3v) is 8.46. The van der Waals surface area contributed by atoms with Gasteiger partial charge in [0.15, 0.2) is 0 Å². The van der Waals surface area contributed by atoms with Crippen molar-refractivity contribution >= 4 is 29.4 Å². The molecule has 1 heterocycles. The largest absolute Gasteiger partial charge is 0.494 e. The summed E-state index contributed by atoms with van der Waals surface area (Å²) in [6.45, 7) is 4.34. The second kappa shape index (κ2) is 18.6. The maximum atomic E-state index is 13.3. The van der Waals surface area contributed by atoms with Crippen molar-refractivity contribution in [3.05, 3.63) is 89.5 Å². The standard InChI is InChI=1S/C38H47N3O7/c1-3-4-5-6-7-24-47-33-18-12-31(13-19-33)38(46)48-34-16-8-29(9-17-34)26-41(27-36(43)44)37(45)30-10-14-32(15-11-30)39-35(42)25-28-20-22-40(2)23-21-28/h8-19,28H,3-7,20-27H2,1-2H3,(H,39,42)(H,43,44). The summed E-state index contributed by atoms with van der Waals surface area (Å²) >= 11 is 0. The maximum Gasteiger partial charge on any atom is 0.343 e. The average Bonchev–Trinajstić information content (AvgIpc) is 3.08. The first-order valence-electron chi connectivity index (χ1n) is 16.8. The normalized spacial score (nSPS) is 13.5. The van der Waals surface area contributed by atoms with E-state index in [0.717, 1.165) is 38.8 Å². The number of ether oxygens (including phenoxy) is 2. The molecule has 1 aliphatic rings. The molecule has 1 aliphatic heterocycles. The Bertz CT molecular complexity index is 1480. The summed E-state index contributed by atoms with van der Waals surface area (Å²) in [7, 11) is 2.08. The fourth-order valence-electron chi connectivity index (χ4n) is 5.61. The number of esters is 1. The van der Waals surface area contributed by atoms with Crippen LogP contribution in [-0.4, -0.2) is 71.9 Å². The number of hydrogen-bond acceptors (Lipinski definition) is 7. The number of nitrogens with zero attached hydrogens (tertiary/aromatic N) is 2. The van der Waals surface area contributed by atoms with Gasteiger partial charge in [-0.3, -0.25) is 14.4 Å². The summed E-state index contributed by atoms with van der Waals surface area (Å²) in [5.74, 6) is -0.792. The lowest BCUT2D eigenvalue weighted by Gasteiger charge is -2.28. The van der Waals surface area contributed by atoms with E-state index < -0.39 is 24.4 Å². The van der Waals surface area contributed by atoms with Gasteiger partial charge >= 0.3 is 11.9 Å². The van der Waals surface area contributed by atoms with Crippen LogP contribution in [-0.2, 0) is 16.1 Å². The highest BCUT2D eigenvalue weighted by Gasteiger charge is 2.21. The number of carboxylic acid groups (broad SMARTS) is 1. The van der Waals surface area contributed by atoms with Crippen LogP contribution in [0.15, 0.2) is 72.8 Å². The van der Waals surface area contributed by atoms with Gasteiger partial charge in [-0.05, 0) is 112 Å². The molecule has 0 spiro atoms. The SMILES string of the molecule is CCCCCCCOc1ccc(C(=O)Oc2ccc(CN(CC(=O)O)C(=O)c3ccc(NC(=O)CC4CCN(C)CC4)cc3)cc2)cc1. The molecule has 1 saturated heterocycles. The molecule has 2 N–H and O–H groups in total. The van der Waals surface area contributed by atoms with E-state index in [1.165, 1.54) is 24.2 Å². The first kappa shape index (κ1) is 36.1. The first-order valence-corrected chi connectivity index (χ1v) is 16.8. The van der Waals surface area contributed by atoms with Crippen molar-refractivity contribution in [2.24, 2.45) is 5.92 Å². The van der Waals surface area contributed by atoms with Gasteiger partial charge in [0.05, 0.1) is 12.2 Å². The zero-order valence-electron chi connectivity index (χ0n) is 28.0. The summed E-state index contributed by atoms with van der Waals surface area (Å²) in [5, 5.41) is 12.4. The summed E-state index contributed by atoms with van der Waals surface area (Å²) in [6, 6.07) is 19.9. The van der Waals surface area contributed by atoms with Crippen molar-refractivity contribution in [1.82, 2.24) is 9.80 Å². The zero-order valence-corrected chi connectivity index (χ0v) is 28.0. The van der Waals surface area contributed by atoms with Crippen LogP contribution in [0.3, 0.4) is 0 Å². The number of carboxylic acids is 1. The van der Waals surface area contributed by atoms with Crippen LogP contribution in [0.25, 0.3) is 0 Å². The van der Waals surface area contributed by atoms with Gasteiger partial charge in [0.1, 0.15) is 18.0 Å². The predicted molar refractivity (Wildman–Crippen MR) is 184 cm³/mol. The number of anilines is 1. The van der Waals surface area contributed by atoms with E-state index >= 15 is 0 Å². The van der Waals surface area contributed by atoms with Crippen LogP contribution in [0.2, 0.25) is 0 Å². The summed E-state index contributed by atoms with van der Waals surface area (Å²) in [5.41, 5.74) is 1.93. The molecule has 0 aliphatic carbocycles. The fourth-order valence-corrected chi connectivity index (χ4v) is 5.61. The van der Waals surface area contributed by atoms with Crippen LogP contribution in [0, 0.1) is 5.92 Å². The highest BCUT2D eigenvalue weighted by atomic mass is 16.5. The molecule has 2 amide bonds. The number of nitrogens with one attached hydrogen (secondary N) is 1. The second-order valence-corrected chi connectivity index (χ2v) is 12.5. The Balaban J connectivity index is 1.27. The van der Waals surface area contributed by atoms with Gasteiger partial charge in [0, 0.05) is 24.2 Å². The predicted octanol–water partition coefficient (Wildman–Crippen LogP) is 6.65. The Morgan fingerprint density at radius 1 is 0.833 bits per heavy atom. The minimum Gasteiger partial charge on any atom is -0.494 e. The number of rotatable bonds is 17. The highest BCUT2D eigenvalue weighted by Crippen LogP contribution is 2.22. The number of carbonyl (C=O) groups excluding carboxylic acids is 3. The van der Waals surface area contributed by atoms with Crippen LogP contribution >= 0.6 is 0 Å². The fraction of sp³-hybridized carbons (Fsp3) is 0.421. The van der Waals surface area contributed by atoms with Crippen molar-refractivity contribution in [3.8, 4) is 11.5 Å². The minimum atomic E-state index is -1.14. The van der Waals surface area contributed by atoms with Crippen molar-refractivity contribution in [2.45, 2.75) is 64.8 Å². The molecule has 1 fully saturated rings. The van der Waals surface area contributed by atoms with E-state index in [4.69, 9.17) is 9.47 Å². The molecule has 4 rings (SSSR count). The van der Waals surface area contributed by atoms with Gasteiger partial charge in [-0.15, -0.1) is 0 Å². The number of hydrogen-bond donors (Lipinski definition) is 2. The quantitative estimate of drug-likeness (QED) is 0.0939. The molecule has 0 aromatic heterocycles. The number of carbonyl (C=O) groups is 4. The number of benzene rings is 3. The van der Waals surface area contributed by atoms with Gasteiger partial charge in [-0.25, -0.2) is 4.79 Å². The average molecular weight is 658 g/mol. The third kappa shape index (κ3) is 11.8. The van der Waals surface area contributed by atoms with Crippen LogP contribution in [0.4, 0.5) is 5.69 Å². The van der Waals surface area contributed by atoms with E-state index in [9.17, 15) is 24.3 Å². The Hall–Kier alpha value is -4.70. The van der Waals surface area contributed by atoms with E-state index in [1.54, 1.807) is 72.8 Å². The van der Waals surface area contributed by atoms with E-state index in [1.807, 2.05) is 0 Å². The van der Waals surface area contributed by atoms with E-state index in [2.05, 4.69) is 24.2 Å². The monoisotopic (exact) mass is 657 g/mol. The molecule has 256 valence electrons. The summed E-state index contributed by atoms with van der Waals surface area (Å²) < 4.78 is 11.3. The molecule has 0 radical (unpaired) electrons. The maximum absolute atomic E-state index is 13.3. The van der Waals surface area contributed by atoms with Crippen molar-refractivity contribution in [2.75, 3.05) is 38.6 Å². The Kier molecular flexibility index (Phi) is 14.0. The Morgan fingerprint density at radius 2 is 1.46 bits per heavy atom. The number of likely N-dealkylation sites (tertiary alicyclic amines) is 1. The number of aliphatic carboxylic acids is 1. The molecule has 10 heteroatoms. The van der Waals surface area contributed by atoms with Gasteiger partial charge in [-0.1, -0.05) is 44.7 Å². The van der Waals surface area contributed by atoms with Gasteiger partial charge in [0.2, 0.25) is 5.91 Å². The lowest BCUT2D eigenvalue weighted by Crippen LogP contribution is -2.35. The highest BCUT2D eigenvalue weighted by molar-refractivity contribution is 5.97.